The Labute approximate surface area is 121 Å². The van der Waals surface area contributed by atoms with Gasteiger partial charge in [-0.05, 0) is 30.5 Å². The van der Waals surface area contributed by atoms with Gasteiger partial charge in [0.05, 0.1) is 4.90 Å². The fraction of sp³-hybridized carbons (Fsp3) is 0.538. The number of hydrogen-bond donors (Lipinski definition) is 0. The predicted octanol–water partition coefficient (Wildman–Crippen LogP) is 3.20. The van der Waals surface area contributed by atoms with Crippen molar-refractivity contribution in [2.24, 2.45) is 0 Å². The van der Waals surface area contributed by atoms with Crippen molar-refractivity contribution in [1.29, 1.82) is 0 Å². The maximum absolute atomic E-state index is 12.3. The summed E-state index contributed by atoms with van der Waals surface area (Å²) in [5.41, 5.74) is 0.769. The molecule has 0 amide bonds. The molecule has 0 aromatic heterocycles. The Kier molecular flexibility index (Phi) is 5.03. The average Bonchev–Trinajstić information content (AvgIpc) is 2.39. The van der Waals surface area contributed by atoms with Crippen molar-refractivity contribution in [3.63, 3.8) is 0 Å². The van der Waals surface area contributed by atoms with Crippen molar-refractivity contribution in [3.8, 4) is 0 Å². The molecule has 106 valence electrons. The molecule has 0 aliphatic heterocycles. The first-order valence-electron chi connectivity index (χ1n) is 6.37. The second kappa shape index (κ2) is 6.37. The van der Waals surface area contributed by atoms with Crippen LogP contribution in [0.25, 0.3) is 0 Å². The molecule has 3 nitrogen and oxygen atoms in total. The highest BCUT2D eigenvalue weighted by atomic mass is 35.7. The molecule has 1 unspecified atom stereocenters. The van der Waals surface area contributed by atoms with E-state index >= 15 is 0 Å². The minimum atomic E-state index is -3.71. The van der Waals surface area contributed by atoms with E-state index in [9.17, 15) is 12.6 Å². The van der Waals surface area contributed by atoms with E-state index in [-0.39, 0.29) is 10.1 Å². The first kappa shape index (κ1) is 15.0. The lowest BCUT2D eigenvalue weighted by Gasteiger charge is -2.20. The summed E-state index contributed by atoms with van der Waals surface area (Å²) >= 11 is 0. The van der Waals surface area contributed by atoms with Gasteiger partial charge in [0.15, 0.2) is 0 Å². The van der Waals surface area contributed by atoms with Crippen LogP contribution < -0.4 is 0 Å². The zero-order chi connectivity index (χ0) is 13.9. The van der Waals surface area contributed by atoms with Gasteiger partial charge >= 0.3 is 0 Å². The van der Waals surface area contributed by atoms with Crippen LogP contribution >= 0.6 is 10.7 Å². The molecule has 1 fully saturated rings. The number of halogens is 1. The standard InChI is InChI=1S/C13H17ClO3S2/c14-19(16,17)13-8-4-5-11(9-13)10-18(15)12-6-2-1-3-7-12/h4-5,8-9,12H,1-3,6-7,10H2. The Morgan fingerprint density at radius 2 is 1.89 bits per heavy atom. The lowest BCUT2D eigenvalue weighted by Crippen LogP contribution is -2.19. The summed E-state index contributed by atoms with van der Waals surface area (Å²) in [6.07, 6.45) is 5.55. The Morgan fingerprint density at radius 3 is 2.53 bits per heavy atom. The summed E-state index contributed by atoms with van der Waals surface area (Å²) < 4.78 is 34.8. The minimum absolute atomic E-state index is 0.0762. The van der Waals surface area contributed by atoms with E-state index in [1.54, 1.807) is 12.1 Å². The van der Waals surface area contributed by atoms with E-state index in [4.69, 9.17) is 10.7 Å². The largest absolute Gasteiger partial charge is 0.261 e. The van der Waals surface area contributed by atoms with Crippen LogP contribution in [0.3, 0.4) is 0 Å². The van der Waals surface area contributed by atoms with Crippen molar-refractivity contribution in [2.45, 2.75) is 48.0 Å². The molecule has 1 aliphatic rings. The number of hydrogen-bond acceptors (Lipinski definition) is 3. The van der Waals surface area contributed by atoms with Crippen LogP contribution in [0.5, 0.6) is 0 Å². The summed E-state index contributed by atoms with van der Waals surface area (Å²) in [6, 6.07) is 6.41. The molecule has 0 spiro atoms. The molecule has 19 heavy (non-hydrogen) atoms. The molecule has 0 saturated heterocycles. The summed E-state index contributed by atoms with van der Waals surface area (Å²) in [7, 11) is 0.669. The minimum Gasteiger partial charge on any atom is -0.259 e. The van der Waals surface area contributed by atoms with E-state index < -0.39 is 19.9 Å². The van der Waals surface area contributed by atoms with Crippen molar-refractivity contribution in [2.75, 3.05) is 0 Å². The third kappa shape index (κ3) is 4.29. The van der Waals surface area contributed by atoms with E-state index in [2.05, 4.69) is 0 Å². The highest BCUT2D eigenvalue weighted by molar-refractivity contribution is 8.13. The van der Waals surface area contributed by atoms with Gasteiger partial charge in [-0.15, -0.1) is 0 Å². The monoisotopic (exact) mass is 320 g/mol. The van der Waals surface area contributed by atoms with Crippen LogP contribution in [0.15, 0.2) is 29.2 Å². The Hall–Kier alpha value is -0.390. The molecular formula is C13H17ClO3S2. The Bertz CT molecular complexity index is 563. The molecule has 1 aromatic carbocycles. The van der Waals surface area contributed by atoms with Gasteiger partial charge in [-0.3, -0.25) is 4.21 Å². The first-order valence-corrected chi connectivity index (χ1v) is 10.1. The summed E-state index contributed by atoms with van der Waals surface area (Å²) in [6.45, 7) is 0. The molecule has 0 heterocycles. The Balaban J connectivity index is 2.08. The van der Waals surface area contributed by atoms with E-state index in [0.29, 0.717) is 5.75 Å². The molecule has 0 N–H and O–H groups in total. The summed E-state index contributed by atoms with van der Waals surface area (Å²) in [4.78, 5) is 0.0762. The molecule has 1 aromatic rings. The third-order valence-electron chi connectivity index (χ3n) is 3.41. The van der Waals surface area contributed by atoms with Crippen LogP contribution in [0, 0.1) is 0 Å². The van der Waals surface area contributed by atoms with Gasteiger partial charge in [0, 0.05) is 32.5 Å². The van der Waals surface area contributed by atoms with Gasteiger partial charge in [0.1, 0.15) is 0 Å². The zero-order valence-corrected chi connectivity index (χ0v) is 12.9. The van der Waals surface area contributed by atoms with Crippen molar-refractivity contribution in [3.05, 3.63) is 29.8 Å². The smallest absolute Gasteiger partial charge is 0.259 e. The highest BCUT2D eigenvalue weighted by Gasteiger charge is 2.20. The summed E-state index contributed by atoms with van der Waals surface area (Å²) in [5, 5.41) is 0.255. The van der Waals surface area contributed by atoms with Crippen molar-refractivity contribution in [1.82, 2.24) is 0 Å². The van der Waals surface area contributed by atoms with Crippen LogP contribution in [-0.2, 0) is 25.6 Å². The van der Waals surface area contributed by atoms with Crippen LogP contribution in [0.1, 0.15) is 37.7 Å². The number of rotatable bonds is 4. The van der Waals surface area contributed by atoms with Crippen molar-refractivity contribution < 1.29 is 12.6 Å². The maximum atomic E-state index is 12.3. The lowest BCUT2D eigenvalue weighted by atomic mass is 10.0. The molecule has 1 atom stereocenters. The third-order valence-corrected chi connectivity index (χ3v) is 6.60. The van der Waals surface area contributed by atoms with E-state index in [0.717, 1.165) is 31.2 Å². The zero-order valence-electron chi connectivity index (χ0n) is 10.5. The summed E-state index contributed by atoms with van der Waals surface area (Å²) in [5.74, 6) is 0.408. The predicted molar refractivity (Wildman–Crippen MR) is 78.2 cm³/mol. The van der Waals surface area contributed by atoms with Crippen LogP contribution in [-0.4, -0.2) is 17.9 Å². The topological polar surface area (TPSA) is 51.2 Å². The lowest BCUT2D eigenvalue weighted by molar-refractivity contribution is 0.504. The van der Waals surface area contributed by atoms with E-state index in [1.807, 2.05) is 0 Å². The van der Waals surface area contributed by atoms with Crippen molar-refractivity contribution >= 4 is 30.5 Å². The second-order valence-electron chi connectivity index (χ2n) is 4.87. The van der Waals surface area contributed by atoms with Gasteiger partial charge in [-0.1, -0.05) is 31.4 Å². The highest BCUT2D eigenvalue weighted by Crippen LogP contribution is 2.24. The molecule has 0 radical (unpaired) electrons. The first-order chi connectivity index (χ1) is 8.97. The quantitative estimate of drug-likeness (QED) is 0.800. The Morgan fingerprint density at radius 1 is 1.21 bits per heavy atom. The second-order valence-corrected chi connectivity index (χ2v) is 9.15. The van der Waals surface area contributed by atoms with Gasteiger partial charge in [0.2, 0.25) is 0 Å². The fourth-order valence-corrected chi connectivity index (χ4v) is 4.82. The molecule has 6 heteroatoms. The van der Waals surface area contributed by atoms with Gasteiger partial charge < -0.3 is 0 Å². The SMILES string of the molecule is O=S(Cc1cccc(S(=O)(=O)Cl)c1)C1CCCCC1. The number of benzene rings is 1. The molecule has 1 saturated carbocycles. The van der Waals surface area contributed by atoms with Crippen LogP contribution in [0.2, 0.25) is 0 Å². The molecular weight excluding hydrogens is 304 g/mol. The van der Waals surface area contributed by atoms with Crippen LogP contribution in [0.4, 0.5) is 0 Å². The molecule has 1 aliphatic carbocycles. The molecule has 0 bridgehead atoms. The van der Waals surface area contributed by atoms with Gasteiger partial charge in [-0.25, -0.2) is 8.42 Å². The van der Waals surface area contributed by atoms with Gasteiger partial charge in [0.25, 0.3) is 9.05 Å². The molecule has 2 rings (SSSR count). The fourth-order valence-electron chi connectivity index (χ4n) is 2.40. The average molecular weight is 321 g/mol. The van der Waals surface area contributed by atoms with Gasteiger partial charge in [-0.2, -0.15) is 0 Å². The maximum Gasteiger partial charge on any atom is 0.261 e. The normalized spacial score (nSPS) is 19.2. The van der Waals surface area contributed by atoms with E-state index in [1.165, 1.54) is 18.6 Å².